The second-order valence-corrected chi connectivity index (χ2v) is 6.70. The number of likely N-dealkylation sites (tertiary alicyclic amines) is 1. The SMILES string of the molecule is Cc1cn(C)c(C2CCN(C(=O)c3ccc4oc(=O)n(C)c4c3)C2)n1. The number of fused-ring (bicyclic) bond motifs is 1. The van der Waals surface area contributed by atoms with Crippen molar-refractivity contribution in [3.05, 3.63) is 52.0 Å². The Hall–Kier alpha value is -2.83. The number of nitrogens with zero attached hydrogens (tertiary/aromatic N) is 4. The number of carbonyl (C=O) groups excluding carboxylic acids is 1. The maximum absolute atomic E-state index is 12.9. The van der Waals surface area contributed by atoms with E-state index in [9.17, 15) is 9.59 Å². The molecule has 3 heterocycles. The summed E-state index contributed by atoms with van der Waals surface area (Å²) in [6, 6.07) is 5.12. The Morgan fingerprint density at radius 3 is 2.84 bits per heavy atom. The van der Waals surface area contributed by atoms with Gasteiger partial charge >= 0.3 is 5.76 Å². The summed E-state index contributed by atoms with van der Waals surface area (Å²) in [4.78, 5) is 30.9. The Kier molecular flexibility index (Phi) is 3.52. The monoisotopic (exact) mass is 340 g/mol. The Morgan fingerprint density at radius 1 is 1.32 bits per heavy atom. The molecule has 0 spiro atoms. The molecule has 7 heteroatoms. The van der Waals surface area contributed by atoms with Gasteiger partial charge in [-0.15, -0.1) is 0 Å². The molecule has 130 valence electrons. The first-order chi connectivity index (χ1) is 11.9. The highest BCUT2D eigenvalue weighted by atomic mass is 16.4. The van der Waals surface area contributed by atoms with E-state index < -0.39 is 5.76 Å². The standard InChI is InChI=1S/C18H20N4O3/c1-11-9-20(2)16(19-11)13-6-7-22(10-13)17(23)12-4-5-15-14(8-12)21(3)18(24)25-15/h4-5,8-9,13H,6-7,10H2,1-3H3. The number of hydrogen-bond acceptors (Lipinski definition) is 4. The molecule has 7 nitrogen and oxygen atoms in total. The van der Waals surface area contributed by atoms with E-state index in [4.69, 9.17) is 4.42 Å². The maximum atomic E-state index is 12.9. The number of imidazole rings is 1. The number of aryl methyl sites for hydroxylation is 3. The van der Waals surface area contributed by atoms with Crippen LogP contribution < -0.4 is 5.76 Å². The van der Waals surface area contributed by atoms with Crippen LogP contribution in [-0.2, 0) is 14.1 Å². The van der Waals surface area contributed by atoms with Crippen LogP contribution in [0.3, 0.4) is 0 Å². The van der Waals surface area contributed by atoms with Crippen LogP contribution in [0.25, 0.3) is 11.1 Å². The number of aromatic nitrogens is 3. The van der Waals surface area contributed by atoms with Crippen molar-refractivity contribution in [3.63, 3.8) is 0 Å². The molecular formula is C18H20N4O3. The van der Waals surface area contributed by atoms with Crippen LogP contribution in [0.2, 0.25) is 0 Å². The third-order valence-corrected chi connectivity index (χ3v) is 4.91. The molecule has 25 heavy (non-hydrogen) atoms. The summed E-state index contributed by atoms with van der Waals surface area (Å²) in [5.74, 6) is 0.833. The first-order valence-corrected chi connectivity index (χ1v) is 8.33. The van der Waals surface area contributed by atoms with E-state index in [0.717, 1.165) is 17.9 Å². The van der Waals surface area contributed by atoms with E-state index in [0.29, 0.717) is 29.8 Å². The fourth-order valence-electron chi connectivity index (χ4n) is 3.61. The van der Waals surface area contributed by atoms with Crippen LogP contribution in [0.1, 0.15) is 34.2 Å². The first-order valence-electron chi connectivity index (χ1n) is 8.33. The van der Waals surface area contributed by atoms with Gasteiger partial charge in [0.05, 0.1) is 11.2 Å². The Morgan fingerprint density at radius 2 is 2.12 bits per heavy atom. The minimum atomic E-state index is -0.425. The van der Waals surface area contributed by atoms with Crippen molar-refractivity contribution in [2.45, 2.75) is 19.3 Å². The second kappa shape index (κ2) is 5.61. The van der Waals surface area contributed by atoms with Gasteiger partial charge in [0.2, 0.25) is 0 Å². The zero-order valence-corrected chi connectivity index (χ0v) is 14.5. The minimum absolute atomic E-state index is 0.0241. The largest absolute Gasteiger partial charge is 0.419 e. The van der Waals surface area contributed by atoms with Gasteiger partial charge in [-0.3, -0.25) is 9.36 Å². The average Bonchev–Trinajstić information content (AvgIpc) is 3.26. The molecule has 1 amide bonds. The van der Waals surface area contributed by atoms with Crippen molar-refractivity contribution in [2.24, 2.45) is 14.1 Å². The van der Waals surface area contributed by atoms with Crippen molar-refractivity contribution < 1.29 is 9.21 Å². The van der Waals surface area contributed by atoms with Crippen LogP contribution in [0.4, 0.5) is 0 Å². The zero-order chi connectivity index (χ0) is 17.7. The second-order valence-electron chi connectivity index (χ2n) is 6.70. The van der Waals surface area contributed by atoms with Gasteiger partial charge in [-0.25, -0.2) is 9.78 Å². The molecule has 1 aromatic carbocycles. The lowest BCUT2D eigenvalue weighted by atomic mass is 10.1. The van der Waals surface area contributed by atoms with Crippen molar-refractivity contribution in [1.29, 1.82) is 0 Å². The number of oxazole rings is 1. The highest BCUT2D eigenvalue weighted by Gasteiger charge is 2.30. The van der Waals surface area contributed by atoms with Crippen molar-refractivity contribution in [1.82, 2.24) is 19.0 Å². The molecule has 1 saturated heterocycles. The molecule has 1 fully saturated rings. The third kappa shape index (κ3) is 2.56. The van der Waals surface area contributed by atoms with Gasteiger partial charge in [0.1, 0.15) is 5.82 Å². The van der Waals surface area contributed by atoms with Gasteiger partial charge in [-0.1, -0.05) is 0 Å². The zero-order valence-electron chi connectivity index (χ0n) is 14.5. The smallest absolute Gasteiger partial charge is 0.408 e. The van der Waals surface area contributed by atoms with Crippen molar-refractivity contribution in [2.75, 3.05) is 13.1 Å². The van der Waals surface area contributed by atoms with Crippen molar-refractivity contribution in [3.8, 4) is 0 Å². The number of hydrogen-bond donors (Lipinski definition) is 0. The van der Waals surface area contributed by atoms with Gasteiger partial charge in [-0.05, 0) is 31.5 Å². The van der Waals surface area contributed by atoms with E-state index in [1.54, 1.807) is 25.2 Å². The van der Waals surface area contributed by atoms with Crippen LogP contribution >= 0.6 is 0 Å². The summed E-state index contributed by atoms with van der Waals surface area (Å²) in [7, 11) is 3.63. The molecule has 1 atom stereocenters. The third-order valence-electron chi connectivity index (χ3n) is 4.91. The topological polar surface area (TPSA) is 73.3 Å². The fourth-order valence-corrected chi connectivity index (χ4v) is 3.61. The lowest BCUT2D eigenvalue weighted by Gasteiger charge is -2.16. The molecule has 0 aliphatic carbocycles. The molecule has 0 bridgehead atoms. The summed E-state index contributed by atoms with van der Waals surface area (Å²) < 4.78 is 8.58. The van der Waals surface area contributed by atoms with E-state index in [-0.39, 0.29) is 11.8 Å². The molecule has 3 aromatic rings. The Balaban J connectivity index is 1.58. The quantitative estimate of drug-likeness (QED) is 0.713. The predicted octanol–water partition coefficient (Wildman–Crippen LogP) is 1.80. The molecule has 0 N–H and O–H groups in total. The van der Waals surface area contributed by atoms with Gasteiger partial charge < -0.3 is 13.9 Å². The van der Waals surface area contributed by atoms with E-state index in [1.807, 2.05) is 29.6 Å². The van der Waals surface area contributed by atoms with Crippen LogP contribution in [0.15, 0.2) is 33.6 Å². The van der Waals surface area contributed by atoms with E-state index in [2.05, 4.69) is 4.98 Å². The Labute approximate surface area is 144 Å². The molecule has 1 aliphatic rings. The number of rotatable bonds is 2. The van der Waals surface area contributed by atoms with Crippen molar-refractivity contribution >= 4 is 17.0 Å². The summed E-state index contributed by atoms with van der Waals surface area (Å²) in [5, 5.41) is 0. The molecule has 2 aromatic heterocycles. The summed E-state index contributed by atoms with van der Waals surface area (Å²) in [6.07, 6.45) is 2.91. The molecule has 0 saturated carbocycles. The molecule has 0 radical (unpaired) electrons. The number of carbonyl (C=O) groups is 1. The van der Waals surface area contributed by atoms with E-state index >= 15 is 0 Å². The Bertz CT molecular complexity index is 1030. The van der Waals surface area contributed by atoms with Gasteiger partial charge in [-0.2, -0.15) is 0 Å². The molecule has 1 unspecified atom stereocenters. The lowest BCUT2D eigenvalue weighted by Crippen LogP contribution is -2.28. The van der Waals surface area contributed by atoms with Crippen LogP contribution in [-0.4, -0.2) is 38.0 Å². The fraction of sp³-hybridized carbons (Fsp3) is 0.389. The highest BCUT2D eigenvalue weighted by Crippen LogP contribution is 2.28. The van der Waals surface area contributed by atoms with Gasteiger partial charge in [0.15, 0.2) is 5.58 Å². The summed E-state index contributed by atoms with van der Waals surface area (Å²) in [6.45, 7) is 3.34. The summed E-state index contributed by atoms with van der Waals surface area (Å²) in [5.41, 5.74) is 2.69. The normalized spacial score (nSPS) is 17.6. The van der Waals surface area contributed by atoms with Crippen LogP contribution in [0.5, 0.6) is 0 Å². The highest BCUT2D eigenvalue weighted by molar-refractivity contribution is 5.97. The minimum Gasteiger partial charge on any atom is -0.408 e. The van der Waals surface area contributed by atoms with Crippen LogP contribution in [0, 0.1) is 6.92 Å². The maximum Gasteiger partial charge on any atom is 0.419 e. The molecular weight excluding hydrogens is 320 g/mol. The lowest BCUT2D eigenvalue weighted by molar-refractivity contribution is 0.0790. The molecule has 1 aliphatic heterocycles. The van der Waals surface area contributed by atoms with Gasteiger partial charge in [0.25, 0.3) is 5.91 Å². The van der Waals surface area contributed by atoms with E-state index in [1.165, 1.54) is 4.57 Å². The number of amides is 1. The molecule has 4 rings (SSSR count). The number of benzene rings is 1. The van der Waals surface area contributed by atoms with Gasteiger partial charge in [0, 0.05) is 44.9 Å². The summed E-state index contributed by atoms with van der Waals surface area (Å²) >= 11 is 0. The first kappa shape index (κ1) is 15.7. The predicted molar refractivity (Wildman–Crippen MR) is 92.7 cm³/mol. The average molecular weight is 340 g/mol.